The molecule has 2 heterocycles. The maximum Gasteiger partial charge on any atom is 0.296 e. The van der Waals surface area contributed by atoms with Gasteiger partial charge in [0.05, 0.1) is 11.1 Å². The number of carbonyl (C=O) groups excluding carboxylic acids is 4. The lowest BCUT2D eigenvalue weighted by atomic mass is 10.1. The Morgan fingerprint density at radius 2 is 0.674 bits per heavy atom. The number of amides is 4. The zero-order valence-corrected chi connectivity index (χ0v) is 25.5. The standard InChI is InChI=1S/C8H4N2O2.C6H6N2O2.C6H6.4C2H6.CH3NO2.3CH4/c11-7-5-3-1-2-4-6(5)8(12)10-9-7;1-3-4(2)6(10)8-7-5(3)9;1-2-4-6-5-3-1;4*1-2;1-2(3)4;;;/h1-4H;1-2H3;1-6H;4*1-2H3;1H3;3*1H4. The second-order valence-corrected chi connectivity index (χ2v) is 6.01. The number of hydrogen-bond acceptors (Lipinski definition) is 6. The first kappa shape index (κ1) is 54.5. The predicted molar refractivity (Wildman–Crippen MR) is 178 cm³/mol. The Hall–Kier alpha value is -4.54. The SMILES string of the molecule is C.C.C.CC.CC.CC.CC.CC1=C(C)C(=O)N=NC1=O.C[N+](=O)[O-].O=C1N=NC(=O)c2ccccc21.c1ccccc1. The van der Waals surface area contributed by atoms with Crippen molar-refractivity contribution in [2.45, 2.75) is 91.5 Å². The van der Waals surface area contributed by atoms with E-state index in [2.05, 4.69) is 20.5 Å². The summed E-state index contributed by atoms with van der Waals surface area (Å²) in [6.45, 7) is 19.1. The van der Waals surface area contributed by atoms with Gasteiger partial charge in [-0.05, 0) is 26.0 Å². The first-order chi connectivity index (χ1) is 19.1. The van der Waals surface area contributed by atoms with Crippen molar-refractivity contribution >= 4 is 23.6 Å². The van der Waals surface area contributed by atoms with E-state index in [-0.39, 0.29) is 22.3 Å². The highest BCUT2D eigenvalue weighted by Gasteiger charge is 2.20. The van der Waals surface area contributed by atoms with E-state index < -0.39 is 28.6 Å². The molecule has 4 amide bonds. The molecule has 11 nitrogen and oxygen atoms in total. The van der Waals surface area contributed by atoms with Gasteiger partial charge >= 0.3 is 0 Å². The van der Waals surface area contributed by atoms with E-state index in [0.717, 1.165) is 7.05 Å². The van der Waals surface area contributed by atoms with Crippen molar-refractivity contribution in [3.05, 3.63) is 93.1 Å². The third kappa shape index (κ3) is 26.1. The van der Waals surface area contributed by atoms with Crippen LogP contribution in [-0.2, 0) is 9.59 Å². The lowest BCUT2D eigenvalue weighted by molar-refractivity contribution is -0.445. The van der Waals surface area contributed by atoms with Gasteiger partial charge < -0.3 is 0 Å². The van der Waals surface area contributed by atoms with Crippen molar-refractivity contribution < 1.29 is 24.1 Å². The lowest BCUT2D eigenvalue weighted by Gasteiger charge is -2.04. The van der Waals surface area contributed by atoms with Gasteiger partial charge in [-0.1, -0.05) is 126 Å². The average molecular weight is 606 g/mol. The summed E-state index contributed by atoms with van der Waals surface area (Å²) < 4.78 is 0. The van der Waals surface area contributed by atoms with Gasteiger partial charge in [0.1, 0.15) is 0 Å². The van der Waals surface area contributed by atoms with Crippen molar-refractivity contribution in [2.75, 3.05) is 7.05 Å². The highest BCUT2D eigenvalue weighted by molar-refractivity contribution is 6.10. The first-order valence-electron chi connectivity index (χ1n) is 13.0. The van der Waals surface area contributed by atoms with Crippen molar-refractivity contribution in [3.63, 3.8) is 0 Å². The zero-order chi connectivity index (χ0) is 32.1. The normalized spacial score (nSPS) is 10.7. The number of azo groups is 2. The van der Waals surface area contributed by atoms with Crippen LogP contribution in [0.2, 0.25) is 0 Å². The molecule has 244 valence electrons. The molecule has 0 atom stereocenters. The monoisotopic (exact) mass is 605 g/mol. The third-order valence-electron chi connectivity index (χ3n) is 3.72. The van der Waals surface area contributed by atoms with E-state index in [1.165, 1.54) is 0 Å². The summed E-state index contributed by atoms with van der Waals surface area (Å²) in [5.74, 6) is -1.75. The van der Waals surface area contributed by atoms with Crippen LogP contribution in [0, 0.1) is 10.1 Å². The van der Waals surface area contributed by atoms with E-state index >= 15 is 0 Å². The predicted octanol–water partition coefficient (Wildman–Crippen LogP) is 9.87. The summed E-state index contributed by atoms with van der Waals surface area (Å²) in [6, 6.07) is 18.5. The van der Waals surface area contributed by atoms with Crippen LogP contribution in [0.4, 0.5) is 0 Å². The molecule has 0 bridgehead atoms. The third-order valence-corrected chi connectivity index (χ3v) is 3.72. The number of rotatable bonds is 0. The quantitative estimate of drug-likeness (QED) is 0.214. The van der Waals surface area contributed by atoms with Crippen LogP contribution < -0.4 is 0 Å². The number of hydrogen-bond donors (Lipinski definition) is 0. The first-order valence-corrected chi connectivity index (χ1v) is 13.0. The zero-order valence-electron chi connectivity index (χ0n) is 25.5. The summed E-state index contributed by atoms with van der Waals surface area (Å²) in [6.07, 6.45) is 0. The molecule has 11 heteroatoms. The van der Waals surface area contributed by atoms with Gasteiger partial charge in [0, 0.05) is 16.1 Å². The number of carbonyl (C=O) groups is 4. The molecule has 0 aliphatic carbocycles. The molecular weight excluding hydrogens is 550 g/mol. The smallest absolute Gasteiger partial charge is 0.265 e. The molecule has 2 aromatic carbocycles. The van der Waals surface area contributed by atoms with E-state index in [0.29, 0.717) is 22.3 Å². The summed E-state index contributed by atoms with van der Waals surface area (Å²) in [7, 11) is 0.889. The maximum atomic E-state index is 11.0. The number of fused-ring (bicyclic) bond motifs is 1. The maximum absolute atomic E-state index is 11.0. The van der Waals surface area contributed by atoms with E-state index in [9.17, 15) is 19.2 Å². The molecule has 43 heavy (non-hydrogen) atoms. The molecule has 0 N–H and O–H groups in total. The molecule has 4 rings (SSSR count). The van der Waals surface area contributed by atoms with Gasteiger partial charge in [-0.2, -0.15) is 0 Å². The van der Waals surface area contributed by atoms with Crippen molar-refractivity contribution in [1.82, 2.24) is 0 Å². The molecule has 0 radical (unpaired) electrons. The molecule has 0 saturated carbocycles. The van der Waals surface area contributed by atoms with Crippen LogP contribution in [0.3, 0.4) is 0 Å². The Balaban J connectivity index is -0.0000000763. The highest BCUT2D eigenvalue weighted by atomic mass is 16.6. The molecule has 0 aromatic heterocycles. The summed E-state index contributed by atoms with van der Waals surface area (Å²) >= 11 is 0. The van der Waals surface area contributed by atoms with Gasteiger partial charge in [0.15, 0.2) is 7.05 Å². The Kier molecular flexibility index (Phi) is 47.5. The second kappa shape index (κ2) is 37.5. The molecule has 2 aromatic rings. The van der Waals surface area contributed by atoms with Crippen LogP contribution >= 0.6 is 0 Å². The van der Waals surface area contributed by atoms with Crippen LogP contribution in [0.15, 0.2) is 92.3 Å². The fraction of sp³-hybridized carbons (Fsp3) is 0.438. The minimum Gasteiger partial charge on any atom is -0.265 e. The molecular formula is C32H55N5O6. The van der Waals surface area contributed by atoms with Crippen LogP contribution in [-0.4, -0.2) is 35.6 Å². The number of benzene rings is 2. The molecule has 0 fully saturated rings. The molecule has 2 aliphatic rings. The second-order valence-electron chi connectivity index (χ2n) is 6.01. The Labute approximate surface area is 259 Å². The van der Waals surface area contributed by atoms with Gasteiger partial charge in [-0.15, -0.1) is 20.5 Å². The van der Waals surface area contributed by atoms with E-state index in [1.54, 1.807) is 38.1 Å². The minimum atomic E-state index is -0.500. The number of nitrogens with zero attached hydrogens (tertiary/aromatic N) is 5. The highest BCUT2D eigenvalue weighted by Crippen LogP contribution is 2.16. The van der Waals surface area contributed by atoms with Gasteiger partial charge in [0.25, 0.3) is 23.6 Å². The lowest BCUT2D eigenvalue weighted by Crippen LogP contribution is -2.10. The molecule has 0 spiro atoms. The summed E-state index contributed by atoms with van der Waals surface area (Å²) in [5, 5.41) is 21.4. The Morgan fingerprint density at radius 3 is 0.884 bits per heavy atom. The fourth-order valence-corrected chi connectivity index (χ4v) is 2.00. The van der Waals surface area contributed by atoms with Crippen LogP contribution in [0.1, 0.15) is 112 Å². The van der Waals surface area contributed by atoms with E-state index in [4.69, 9.17) is 10.1 Å². The molecule has 0 unspecified atom stereocenters. The average Bonchev–Trinajstić information content (AvgIpc) is 3.01. The Morgan fingerprint density at radius 1 is 0.488 bits per heavy atom. The number of nitro groups is 1. The Bertz CT molecular complexity index is 1020. The summed E-state index contributed by atoms with van der Waals surface area (Å²) in [4.78, 5) is 51.7. The van der Waals surface area contributed by atoms with Gasteiger partial charge in [0.2, 0.25) is 0 Å². The van der Waals surface area contributed by atoms with Gasteiger partial charge in [-0.3, -0.25) is 29.3 Å². The van der Waals surface area contributed by atoms with Crippen LogP contribution in [0.25, 0.3) is 0 Å². The van der Waals surface area contributed by atoms with Crippen molar-refractivity contribution in [2.24, 2.45) is 20.5 Å². The van der Waals surface area contributed by atoms with Crippen LogP contribution in [0.5, 0.6) is 0 Å². The van der Waals surface area contributed by atoms with Gasteiger partial charge in [-0.25, -0.2) is 0 Å². The summed E-state index contributed by atoms with van der Waals surface area (Å²) in [5.41, 5.74) is 1.44. The fourth-order valence-electron chi connectivity index (χ4n) is 2.00. The molecule has 2 aliphatic heterocycles. The van der Waals surface area contributed by atoms with E-state index in [1.807, 2.05) is 91.8 Å². The minimum absolute atomic E-state index is 0. The van der Waals surface area contributed by atoms with Crippen molar-refractivity contribution in [3.8, 4) is 0 Å². The topological polar surface area (TPSA) is 161 Å². The molecule has 0 saturated heterocycles. The largest absolute Gasteiger partial charge is 0.296 e. The van der Waals surface area contributed by atoms with Crippen molar-refractivity contribution in [1.29, 1.82) is 0 Å².